The van der Waals surface area contributed by atoms with Gasteiger partial charge in [-0.05, 0) is 12.1 Å². The average Bonchev–Trinajstić information content (AvgIpc) is 2.07. The molecule has 15 heavy (non-hydrogen) atoms. The predicted molar refractivity (Wildman–Crippen MR) is 49.7 cm³/mol. The fourth-order valence-corrected chi connectivity index (χ4v) is 0.766. The lowest BCUT2D eigenvalue weighted by Crippen LogP contribution is -2.30. The number of hydrogen-bond acceptors (Lipinski definition) is 2. The van der Waals surface area contributed by atoms with E-state index in [-0.39, 0.29) is 23.8 Å². The van der Waals surface area contributed by atoms with Crippen LogP contribution in [-0.2, 0) is 0 Å². The van der Waals surface area contributed by atoms with Gasteiger partial charge in [0.25, 0.3) is 0 Å². The highest BCUT2D eigenvalue weighted by Gasteiger charge is 2.42. The molecule has 0 aliphatic carbocycles. The number of benzene rings is 1. The third-order valence-electron chi connectivity index (χ3n) is 1.41. The molecule has 0 fully saturated rings. The summed E-state index contributed by atoms with van der Waals surface area (Å²) in [6, 6.07) is 5.38. The van der Waals surface area contributed by atoms with E-state index in [1.54, 1.807) is 0 Å². The predicted octanol–water partition coefficient (Wildman–Crippen LogP) is 2.93. The molecule has 7 heteroatoms. The number of alkyl halides is 4. The molecule has 0 aromatic heterocycles. The van der Waals surface area contributed by atoms with E-state index in [1.807, 2.05) is 0 Å². The Morgan fingerprint density at radius 1 is 1.20 bits per heavy atom. The largest absolute Gasteiger partial charge is 0.457 e. The van der Waals surface area contributed by atoms with Crippen molar-refractivity contribution in [2.45, 2.75) is 12.5 Å². The van der Waals surface area contributed by atoms with Crippen molar-refractivity contribution >= 4 is 18.1 Å². The van der Waals surface area contributed by atoms with E-state index in [2.05, 4.69) is 4.74 Å². The van der Waals surface area contributed by atoms with Crippen LogP contribution in [0.15, 0.2) is 24.3 Å². The second kappa shape index (κ2) is 5.06. The molecular formula is C8H8ClF4NO. The molecule has 1 atom stereocenters. The van der Waals surface area contributed by atoms with Gasteiger partial charge in [0, 0.05) is 0 Å². The van der Waals surface area contributed by atoms with Gasteiger partial charge in [-0.2, -0.15) is 17.6 Å². The molecular weight excluding hydrogens is 238 g/mol. The maximum Gasteiger partial charge on any atom is 0.457 e. The van der Waals surface area contributed by atoms with Crippen LogP contribution in [0, 0.1) is 0 Å². The van der Waals surface area contributed by atoms with E-state index < -0.39 is 12.5 Å². The Morgan fingerprint density at radius 3 is 2.20 bits per heavy atom. The van der Waals surface area contributed by atoms with Gasteiger partial charge in [-0.15, -0.1) is 12.4 Å². The number of rotatable bonds is 2. The topological polar surface area (TPSA) is 35.2 Å². The zero-order chi connectivity index (χ0) is 10.8. The van der Waals surface area contributed by atoms with Gasteiger partial charge in [-0.3, -0.25) is 0 Å². The Morgan fingerprint density at radius 2 is 1.73 bits per heavy atom. The molecule has 0 aliphatic heterocycles. The summed E-state index contributed by atoms with van der Waals surface area (Å²) in [5.41, 5.74) is 5.21. The van der Waals surface area contributed by atoms with Crippen molar-refractivity contribution in [3.05, 3.63) is 24.3 Å². The van der Waals surface area contributed by atoms with Crippen LogP contribution < -0.4 is 10.5 Å². The Labute approximate surface area is 89.4 Å². The van der Waals surface area contributed by atoms with Gasteiger partial charge in [-0.1, -0.05) is 12.1 Å². The molecule has 2 N–H and O–H groups in total. The lowest BCUT2D eigenvalue weighted by Gasteiger charge is -2.15. The van der Waals surface area contributed by atoms with Gasteiger partial charge < -0.3 is 10.5 Å². The number of ether oxygens (including phenoxy) is 1. The maximum atomic E-state index is 12.4. The number of anilines is 1. The van der Waals surface area contributed by atoms with Crippen molar-refractivity contribution in [3.8, 4) is 5.75 Å². The molecule has 86 valence electrons. The van der Waals surface area contributed by atoms with Crippen molar-refractivity contribution < 1.29 is 22.3 Å². The number of nitrogens with two attached hydrogens (primary N) is 1. The standard InChI is InChI=1S/C8H7F4NO.ClH/c9-7(8(10,11)12)14-6-4-2-1-3-5(6)13;/h1-4,7H,13H2;1H. The van der Waals surface area contributed by atoms with E-state index in [9.17, 15) is 17.6 Å². The number of hydrogen-bond donors (Lipinski definition) is 1. The quantitative estimate of drug-likeness (QED) is 0.642. The SMILES string of the molecule is Cl.Nc1ccccc1OC(F)C(F)(F)F. The van der Waals surface area contributed by atoms with E-state index >= 15 is 0 Å². The number of nitrogen functional groups attached to an aromatic ring is 1. The highest BCUT2D eigenvalue weighted by molar-refractivity contribution is 5.85. The van der Waals surface area contributed by atoms with Crippen LogP contribution in [0.1, 0.15) is 0 Å². The molecule has 0 saturated heterocycles. The van der Waals surface area contributed by atoms with E-state index in [1.165, 1.54) is 18.2 Å². The fraction of sp³-hybridized carbons (Fsp3) is 0.250. The second-order valence-corrected chi connectivity index (χ2v) is 2.51. The first-order chi connectivity index (χ1) is 6.41. The lowest BCUT2D eigenvalue weighted by atomic mass is 10.3. The fourth-order valence-electron chi connectivity index (χ4n) is 0.766. The van der Waals surface area contributed by atoms with Crippen molar-refractivity contribution in [1.82, 2.24) is 0 Å². The van der Waals surface area contributed by atoms with Gasteiger partial charge in [0.15, 0.2) is 0 Å². The third kappa shape index (κ3) is 3.83. The summed E-state index contributed by atoms with van der Waals surface area (Å²) >= 11 is 0. The summed E-state index contributed by atoms with van der Waals surface area (Å²) < 4.78 is 51.5. The van der Waals surface area contributed by atoms with Gasteiger partial charge in [-0.25, -0.2) is 0 Å². The first-order valence-electron chi connectivity index (χ1n) is 3.63. The van der Waals surface area contributed by atoms with E-state index in [0.717, 1.165) is 6.07 Å². The molecule has 1 unspecified atom stereocenters. The summed E-state index contributed by atoms with van der Waals surface area (Å²) in [5.74, 6) is -0.322. The Kier molecular flexibility index (Phi) is 4.67. The van der Waals surface area contributed by atoms with E-state index in [0.29, 0.717) is 0 Å². The van der Waals surface area contributed by atoms with E-state index in [4.69, 9.17) is 5.73 Å². The Balaban J connectivity index is 0.00000196. The van der Waals surface area contributed by atoms with Crippen molar-refractivity contribution in [2.75, 3.05) is 5.73 Å². The number of halogens is 5. The highest BCUT2D eigenvalue weighted by Crippen LogP contribution is 2.28. The van der Waals surface area contributed by atoms with Crippen LogP contribution in [0.2, 0.25) is 0 Å². The lowest BCUT2D eigenvalue weighted by molar-refractivity contribution is -0.236. The third-order valence-corrected chi connectivity index (χ3v) is 1.41. The monoisotopic (exact) mass is 245 g/mol. The normalized spacial score (nSPS) is 12.8. The smallest absolute Gasteiger partial charge is 0.450 e. The molecule has 0 radical (unpaired) electrons. The number of para-hydroxylation sites is 2. The van der Waals surface area contributed by atoms with Crippen molar-refractivity contribution in [3.63, 3.8) is 0 Å². The second-order valence-electron chi connectivity index (χ2n) is 2.51. The van der Waals surface area contributed by atoms with Gasteiger partial charge >= 0.3 is 12.5 Å². The first-order valence-corrected chi connectivity index (χ1v) is 3.63. The molecule has 0 spiro atoms. The summed E-state index contributed by atoms with van der Waals surface area (Å²) in [6.45, 7) is 0. The molecule has 1 aromatic carbocycles. The first kappa shape index (κ1) is 13.8. The summed E-state index contributed by atoms with van der Waals surface area (Å²) in [4.78, 5) is 0. The minimum atomic E-state index is -5.04. The zero-order valence-electron chi connectivity index (χ0n) is 7.29. The summed E-state index contributed by atoms with van der Waals surface area (Å²) in [5, 5.41) is 0. The average molecular weight is 246 g/mol. The molecule has 0 heterocycles. The Hall–Kier alpha value is -1.17. The highest BCUT2D eigenvalue weighted by atomic mass is 35.5. The summed E-state index contributed by atoms with van der Waals surface area (Å²) in [7, 11) is 0. The maximum absolute atomic E-state index is 12.4. The van der Waals surface area contributed by atoms with Gasteiger partial charge in [0.2, 0.25) is 0 Å². The molecule has 0 amide bonds. The minimum absolute atomic E-state index is 0. The Bertz CT molecular complexity index is 318. The van der Waals surface area contributed by atoms with Crippen LogP contribution in [0.25, 0.3) is 0 Å². The molecule has 1 aromatic rings. The van der Waals surface area contributed by atoms with Crippen molar-refractivity contribution in [2.24, 2.45) is 0 Å². The van der Waals surface area contributed by atoms with Crippen LogP contribution in [-0.4, -0.2) is 12.5 Å². The van der Waals surface area contributed by atoms with Crippen LogP contribution in [0.5, 0.6) is 5.75 Å². The zero-order valence-corrected chi connectivity index (χ0v) is 8.11. The van der Waals surface area contributed by atoms with Crippen LogP contribution >= 0.6 is 12.4 Å². The van der Waals surface area contributed by atoms with Crippen LogP contribution in [0.4, 0.5) is 23.2 Å². The molecule has 0 bridgehead atoms. The minimum Gasteiger partial charge on any atom is -0.450 e. The molecule has 2 nitrogen and oxygen atoms in total. The molecule has 0 saturated carbocycles. The molecule has 1 rings (SSSR count). The van der Waals surface area contributed by atoms with Gasteiger partial charge in [0.1, 0.15) is 5.75 Å². The van der Waals surface area contributed by atoms with Gasteiger partial charge in [0.05, 0.1) is 5.69 Å². The molecule has 0 aliphatic rings. The van der Waals surface area contributed by atoms with Crippen molar-refractivity contribution in [1.29, 1.82) is 0 Å². The van der Waals surface area contributed by atoms with Crippen LogP contribution in [0.3, 0.4) is 0 Å². The summed E-state index contributed by atoms with van der Waals surface area (Å²) in [6.07, 6.45) is -8.39.